The van der Waals surface area contributed by atoms with Gasteiger partial charge >= 0.3 is 6.03 Å². The zero-order valence-corrected chi connectivity index (χ0v) is 13.6. The Morgan fingerprint density at radius 2 is 2.09 bits per heavy atom. The van der Waals surface area contributed by atoms with Gasteiger partial charge in [-0.1, -0.05) is 30.3 Å². The molecule has 1 aliphatic heterocycles. The lowest BCUT2D eigenvalue weighted by Gasteiger charge is -2.33. The lowest BCUT2D eigenvalue weighted by atomic mass is 10.0. The zero-order chi connectivity index (χ0) is 16.1. The summed E-state index contributed by atoms with van der Waals surface area (Å²) < 4.78 is 0. The number of nitrogens with one attached hydrogen (secondary N) is 2. The van der Waals surface area contributed by atoms with Crippen LogP contribution in [0.15, 0.2) is 30.3 Å². The van der Waals surface area contributed by atoms with Crippen molar-refractivity contribution in [1.29, 1.82) is 0 Å². The Morgan fingerprint density at radius 1 is 1.30 bits per heavy atom. The summed E-state index contributed by atoms with van der Waals surface area (Å²) in [7, 11) is 0. The van der Waals surface area contributed by atoms with Gasteiger partial charge in [-0.25, -0.2) is 4.79 Å². The van der Waals surface area contributed by atoms with Crippen molar-refractivity contribution < 1.29 is 9.90 Å². The number of urea groups is 1. The number of aliphatic hydroxyl groups is 1. The fourth-order valence-electron chi connectivity index (χ4n) is 3.23. The molecule has 2 aliphatic rings. The van der Waals surface area contributed by atoms with Gasteiger partial charge in [0.15, 0.2) is 0 Å². The van der Waals surface area contributed by atoms with Crippen LogP contribution in [0.2, 0.25) is 0 Å². The van der Waals surface area contributed by atoms with E-state index in [4.69, 9.17) is 0 Å². The molecule has 1 atom stereocenters. The van der Waals surface area contributed by atoms with Crippen LogP contribution < -0.4 is 10.6 Å². The largest absolute Gasteiger partial charge is 0.396 e. The topological polar surface area (TPSA) is 64.6 Å². The number of aliphatic hydroxyl groups excluding tert-OH is 1. The van der Waals surface area contributed by atoms with E-state index in [2.05, 4.69) is 39.8 Å². The van der Waals surface area contributed by atoms with Crippen LogP contribution in [0.5, 0.6) is 0 Å². The number of amides is 2. The van der Waals surface area contributed by atoms with Crippen LogP contribution >= 0.6 is 0 Å². The Balaban J connectivity index is 1.42. The molecule has 1 heterocycles. The highest BCUT2D eigenvalue weighted by Gasteiger charge is 2.42. The van der Waals surface area contributed by atoms with Crippen molar-refractivity contribution in [1.82, 2.24) is 15.5 Å². The van der Waals surface area contributed by atoms with Gasteiger partial charge in [0.25, 0.3) is 0 Å². The molecule has 0 bridgehead atoms. The molecule has 0 spiro atoms. The fraction of sp³-hybridized carbons (Fsp3) is 0.611. The van der Waals surface area contributed by atoms with E-state index in [1.54, 1.807) is 0 Å². The van der Waals surface area contributed by atoms with Gasteiger partial charge in [-0.3, -0.25) is 4.90 Å². The molecule has 1 saturated heterocycles. The number of rotatable bonds is 6. The molecular formula is C18H27N3O2. The number of hydrogen-bond donors (Lipinski definition) is 3. The average Bonchev–Trinajstić information content (AvgIpc) is 3.35. The Bertz CT molecular complexity index is 516. The predicted molar refractivity (Wildman–Crippen MR) is 90.0 cm³/mol. The second-order valence-electron chi connectivity index (χ2n) is 7.04. The standard InChI is InChI=1S/C18H27N3O2/c22-14-18(8-9-18)13-19-17(23)20-16-7-4-10-21(12-16)11-15-5-2-1-3-6-15/h1-3,5-6,16,22H,4,7-14H2,(H2,19,20,23). The van der Waals surface area contributed by atoms with Crippen LogP contribution in [0.25, 0.3) is 0 Å². The summed E-state index contributed by atoms with van der Waals surface area (Å²) in [6, 6.07) is 10.6. The summed E-state index contributed by atoms with van der Waals surface area (Å²) in [6.45, 7) is 3.67. The fourth-order valence-corrected chi connectivity index (χ4v) is 3.23. The van der Waals surface area contributed by atoms with Crippen molar-refractivity contribution in [3.05, 3.63) is 35.9 Å². The molecule has 1 aromatic carbocycles. The first kappa shape index (κ1) is 16.3. The van der Waals surface area contributed by atoms with Crippen molar-refractivity contribution in [2.24, 2.45) is 5.41 Å². The van der Waals surface area contributed by atoms with Gasteiger partial charge in [-0.2, -0.15) is 0 Å². The van der Waals surface area contributed by atoms with Crippen LogP contribution in [-0.2, 0) is 6.54 Å². The first-order chi connectivity index (χ1) is 11.2. The number of carbonyl (C=O) groups is 1. The molecule has 0 aromatic heterocycles. The molecule has 5 nitrogen and oxygen atoms in total. The number of nitrogens with zero attached hydrogens (tertiary/aromatic N) is 1. The number of carbonyl (C=O) groups excluding carboxylic acids is 1. The molecule has 0 radical (unpaired) electrons. The minimum absolute atomic E-state index is 0.0384. The molecule has 1 aliphatic carbocycles. The lowest BCUT2D eigenvalue weighted by Crippen LogP contribution is -2.51. The van der Waals surface area contributed by atoms with Gasteiger partial charge in [0.1, 0.15) is 0 Å². The maximum absolute atomic E-state index is 12.0. The molecule has 1 unspecified atom stereocenters. The normalized spacial score (nSPS) is 23.3. The van der Waals surface area contributed by atoms with Crippen molar-refractivity contribution in [3.63, 3.8) is 0 Å². The van der Waals surface area contributed by atoms with E-state index in [0.29, 0.717) is 6.54 Å². The van der Waals surface area contributed by atoms with Crippen molar-refractivity contribution in [3.8, 4) is 0 Å². The summed E-state index contributed by atoms with van der Waals surface area (Å²) in [5, 5.41) is 15.3. The van der Waals surface area contributed by atoms with E-state index in [0.717, 1.165) is 45.3 Å². The second kappa shape index (κ2) is 7.32. The first-order valence-corrected chi connectivity index (χ1v) is 8.61. The van der Waals surface area contributed by atoms with Crippen molar-refractivity contribution >= 4 is 6.03 Å². The zero-order valence-electron chi connectivity index (χ0n) is 13.6. The van der Waals surface area contributed by atoms with Crippen molar-refractivity contribution in [2.75, 3.05) is 26.2 Å². The number of likely N-dealkylation sites (tertiary alicyclic amines) is 1. The third-order valence-corrected chi connectivity index (χ3v) is 5.01. The Morgan fingerprint density at radius 3 is 2.78 bits per heavy atom. The molecule has 3 rings (SSSR count). The van der Waals surface area contributed by atoms with E-state index in [1.807, 2.05) is 6.07 Å². The third-order valence-electron chi connectivity index (χ3n) is 5.01. The molecule has 3 N–H and O–H groups in total. The van der Waals surface area contributed by atoms with E-state index < -0.39 is 0 Å². The van der Waals surface area contributed by atoms with Gasteiger partial charge in [0.2, 0.25) is 0 Å². The lowest BCUT2D eigenvalue weighted by molar-refractivity contribution is 0.176. The number of hydrogen-bond acceptors (Lipinski definition) is 3. The van der Waals surface area contributed by atoms with Gasteiger partial charge in [0.05, 0.1) is 6.61 Å². The maximum atomic E-state index is 12.0. The van der Waals surface area contributed by atoms with Crippen LogP contribution in [0.3, 0.4) is 0 Å². The van der Waals surface area contributed by atoms with Crippen LogP contribution in [0.4, 0.5) is 4.79 Å². The predicted octanol–water partition coefficient (Wildman–Crippen LogP) is 1.72. The minimum Gasteiger partial charge on any atom is -0.396 e. The highest BCUT2D eigenvalue weighted by molar-refractivity contribution is 5.74. The Hall–Kier alpha value is -1.59. The smallest absolute Gasteiger partial charge is 0.315 e. The van der Waals surface area contributed by atoms with Crippen molar-refractivity contribution in [2.45, 2.75) is 38.3 Å². The van der Waals surface area contributed by atoms with E-state index in [9.17, 15) is 9.90 Å². The maximum Gasteiger partial charge on any atom is 0.315 e. The summed E-state index contributed by atoms with van der Waals surface area (Å²) in [5.74, 6) is 0. The highest BCUT2D eigenvalue weighted by atomic mass is 16.3. The molecule has 23 heavy (non-hydrogen) atoms. The monoisotopic (exact) mass is 317 g/mol. The average molecular weight is 317 g/mol. The van der Waals surface area contributed by atoms with E-state index in [-0.39, 0.29) is 24.1 Å². The summed E-state index contributed by atoms with van der Waals surface area (Å²) in [6.07, 6.45) is 4.17. The van der Waals surface area contributed by atoms with E-state index in [1.165, 1.54) is 5.56 Å². The molecule has 126 valence electrons. The highest BCUT2D eigenvalue weighted by Crippen LogP contribution is 2.44. The third kappa shape index (κ3) is 4.69. The summed E-state index contributed by atoms with van der Waals surface area (Å²) in [4.78, 5) is 14.4. The van der Waals surface area contributed by atoms with Crippen LogP contribution in [0.1, 0.15) is 31.2 Å². The SMILES string of the molecule is O=C(NCC1(CO)CC1)NC1CCCN(Cc2ccccc2)C1. The molecule has 2 amide bonds. The van der Waals surface area contributed by atoms with Crippen LogP contribution in [0, 0.1) is 5.41 Å². The minimum atomic E-state index is -0.101. The summed E-state index contributed by atoms with van der Waals surface area (Å²) in [5.41, 5.74) is 1.28. The Labute approximate surface area is 138 Å². The second-order valence-corrected chi connectivity index (χ2v) is 7.04. The number of piperidine rings is 1. The summed E-state index contributed by atoms with van der Waals surface area (Å²) >= 11 is 0. The van der Waals surface area contributed by atoms with Crippen LogP contribution in [-0.4, -0.2) is 48.3 Å². The number of benzene rings is 1. The van der Waals surface area contributed by atoms with Gasteiger partial charge < -0.3 is 15.7 Å². The molecule has 5 heteroatoms. The van der Waals surface area contributed by atoms with Gasteiger partial charge in [0, 0.05) is 31.1 Å². The molecule has 2 fully saturated rings. The first-order valence-electron chi connectivity index (χ1n) is 8.61. The van der Waals surface area contributed by atoms with Gasteiger partial charge in [-0.15, -0.1) is 0 Å². The molecular weight excluding hydrogens is 290 g/mol. The molecule has 1 aromatic rings. The Kier molecular flexibility index (Phi) is 5.18. The van der Waals surface area contributed by atoms with E-state index >= 15 is 0 Å². The quantitative estimate of drug-likeness (QED) is 0.748. The molecule has 1 saturated carbocycles. The van der Waals surface area contributed by atoms with Gasteiger partial charge in [-0.05, 0) is 37.8 Å².